The normalized spacial score (nSPS) is 12.8. The van der Waals surface area contributed by atoms with E-state index in [4.69, 9.17) is 0 Å². The minimum Gasteiger partial charge on any atom is -0.292 e. The van der Waals surface area contributed by atoms with E-state index in [0.717, 1.165) is 6.42 Å². The zero-order valence-electron chi connectivity index (χ0n) is 6.19. The molecule has 3 heteroatoms. The minimum atomic E-state index is -0.0460. The largest absolute Gasteiger partial charge is 0.292 e. The van der Waals surface area contributed by atoms with Crippen LogP contribution in [0.25, 0.3) is 0 Å². The lowest BCUT2D eigenvalue weighted by molar-refractivity contribution is -0.120. The second-order valence-electron chi connectivity index (χ2n) is 2.13. The maximum Gasteiger partial charge on any atom is 0.230 e. The number of nitrogens with one attached hydrogen (secondary N) is 2. The molecule has 54 valence electrons. The lowest BCUT2D eigenvalue weighted by Crippen LogP contribution is -2.41. The Balaban J connectivity index is 3.16. The molecule has 1 atom stereocenters. The topological polar surface area (TPSA) is 41.1 Å². The number of rotatable bonds is 3. The van der Waals surface area contributed by atoms with Crippen LogP contribution in [0.15, 0.2) is 0 Å². The van der Waals surface area contributed by atoms with Gasteiger partial charge in [0.05, 0.1) is 0 Å². The highest BCUT2D eigenvalue weighted by atomic mass is 16.2. The number of carbonyl (C=O) groups excluding carboxylic acids is 1. The molecule has 0 bridgehead atoms. The molecule has 0 spiro atoms. The molecule has 0 aliphatic carbocycles. The van der Waals surface area contributed by atoms with Crippen molar-refractivity contribution >= 4 is 5.91 Å². The Morgan fingerprint density at radius 2 is 2.22 bits per heavy atom. The van der Waals surface area contributed by atoms with Crippen molar-refractivity contribution in [2.75, 3.05) is 0 Å². The fourth-order valence-electron chi connectivity index (χ4n) is 0.327. The maximum atomic E-state index is 10.3. The van der Waals surface area contributed by atoms with E-state index < -0.39 is 0 Å². The average Bonchev–Trinajstić information content (AvgIpc) is 1.83. The van der Waals surface area contributed by atoms with Crippen LogP contribution in [0, 0.1) is 0 Å². The summed E-state index contributed by atoms with van der Waals surface area (Å²) in [6.07, 6.45) is 1.01. The summed E-state index contributed by atoms with van der Waals surface area (Å²) in [4.78, 5) is 10.3. The molecule has 3 nitrogen and oxygen atoms in total. The molecular weight excluding hydrogens is 116 g/mol. The molecule has 0 aromatic carbocycles. The minimum absolute atomic E-state index is 0.0460. The summed E-state index contributed by atoms with van der Waals surface area (Å²) in [7, 11) is 0. The number of hydrazine groups is 1. The summed E-state index contributed by atoms with van der Waals surface area (Å²) in [6.45, 7) is 5.55. The molecule has 0 saturated heterocycles. The fourth-order valence-corrected chi connectivity index (χ4v) is 0.327. The first kappa shape index (κ1) is 8.43. The fraction of sp³-hybridized carbons (Fsp3) is 0.833. The monoisotopic (exact) mass is 130 g/mol. The predicted molar refractivity (Wildman–Crippen MR) is 36.7 cm³/mol. The number of amides is 1. The molecule has 2 N–H and O–H groups in total. The molecule has 1 amide bonds. The Morgan fingerprint density at radius 3 is 2.56 bits per heavy atom. The van der Waals surface area contributed by atoms with Gasteiger partial charge in [-0.25, -0.2) is 5.43 Å². The van der Waals surface area contributed by atoms with Gasteiger partial charge in [0.1, 0.15) is 0 Å². The molecule has 9 heavy (non-hydrogen) atoms. The third-order valence-corrected chi connectivity index (χ3v) is 1.11. The zero-order chi connectivity index (χ0) is 7.28. The summed E-state index contributed by atoms with van der Waals surface area (Å²) in [6, 6.07) is 0.355. The van der Waals surface area contributed by atoms with Gasteiger partial charge < -0.3 is 0 Å². The van der Waals surface area contributed by atoms with E-state index in [-0.39, 0.29) is 5.91 Å². The van der Waals surface area contributed by atoms with Crippen LogP contribution < -0.4 is 10.9 Å². The lowest BCUT2D eigenvalue weighted by atomic mass is 10.3. The van der Waals surface area contributed by atoms with Gasteiger partial charge in [0.2, 0.25) is 5.91 Å². The summed E-state index contributed by atoms with van der Waals surface area (Å²) in [5.74, 6) is -0.0460. The average molecular weight is 130 g/mol. The summed E-state index contributed by atoms with van der Waals surface area (Å²) >= 11 is 0. The van der Waals surface area contributed by atoms with Gasteiger partial charge in [-0.15, -0.1) is 0 Å². The Kier molecular flexibility index (Phi) is 4.05. The Hall–Kier alpha value is -0.570. The summed E-state index contributed by atoms with van der Waals surface area (Å²) in [5.41, 5.74) is 5.34. The SMILES string of the molecule is CCC(C)NNC(C)=O. The van der Waals surface area contributed by atoms with Gasteiger partial charge in [-0.3, -0.25) is 10.2 Å². The van der Waals surface area contributed by atoms with Crippen LogP contribution in [0.1, 0.15) is 27.2 Å². The molecule has 0 radical (unpaired) electrons. The van der Waals surface area contributed by atoms with E-state index in [0.29, 0.717) is 6.04 Å². The van der Waals surface area contributed by atoms with Crippen LogP contribution in [0.5, 0.6) is 0 Å². The van der Waals surface area contributed by atoms with Crippen LogP contribution >= 0.6 is 0 Å². The quantitative estimate of drug-likeness (QED) is 0.544. The highest BCUT2D eigenvalue weighted by Gasteiger charge is 1.95. The molecule has 0 aromatic heterocycles. The van der Waals surface area contributed by atoms with E-state index in [1.807, 2.05) is 6.92 Å². The molecule has 0 fully saturated rings. The van der Waals surface area contributed by atoms with Gasteiger partial charge >= 0.3 is 0 Å². The van der Waals surface area contributed by atoms with Gasteiger partial charge in [0.15, 0.2) is 0 Å². The first-order valence-electron chi connectivity index (χ1n) is 3.19. The Morgan fingerprint density at radius 1 is 1.67 bits per heavy atom. The molecule has 0 aliphatic heterocycles. The third-order valence-electron chi connectivity index (χ3n) is 1.11. The van der Waals surface area contributed by atoms with Crippen molar-refractivity contribution < 1.29 is 4.79 Å². The summed E-state index contributed by atoms with van der Waals surface area (Å²) in [5, 5.41) is 0. The number of carbonyl (C=O) groups is 1. The van der Waals surface area contributed by atoms with Crippen molar-refractivity contribution in [3.05, 3.63) is 0 Å². The van der Waals surface area contributed by atoms with E-state index in [1.54, 1.807) is 0 Å². The lowest BCUT2D eigenvalue weighted by Gasteiger charge is -2.09. The molecule has 0 heterocycles. The summed E-state index contributed by atoms with van der Waals surface area (Å²) < 4.78 is 0. The van der Waals surface area contributed by atoms with E-state index in [9.17, 15) is 4.79 Å². The Labute approximate surface area is 55.8 Å². The van der Waals surface area contributed by atoms with Crippen LogP contribution in [-0.2, 0) is 4.79 Å². The van der Waals surface area contributed by atoms with Crippen LogP contribution in [0.2, 0.25) is 0 Å². The highest BCUT2D eigenvalue weighted by Crippen LogP contribution is 1.83. The molecule has 0 aromatic rings. The maximum absolute atomic E-state index is 10.3. The van der Waals surface area contributed by atoms with E-state index in [2.05, 4.69) is 17.8 Å². The molecular formula is C6H14N2O. The van der Waals surface area contributed by atoms with Crippen molar-refractivity contribution in [2.45, 2.75) is 33.2 Å². The van der Waals surface area contributed by atoms with Crippen LogP contribution in [0.4, 0.5) is 0 Å². The standard InChI is InChI=1S/C6H14N2O/c1-4-5(2)7-8-6(3)9/h5,7H,4H2,1-3H3,(H,8,9). The van der Waals surface area contributed by atoms with Crippen molar-refractivity contribution in [3.8, 4) is 0 Å². The van der Waals surface area contributed by atoms with Gasteiger partial charge in [-0.2, -0.15) is 0 Å². The Bertz CT molecular complexity index is 93.1. The molecule has 0 rings (SSSR count). The van der Waals surface area contributed by atoms with Gasteiger partial charge in [-0.1, -0.05) is 6.92 Å². The molecule has 0 aliphatic rings. The predicted octanol–water partition coefficient (Wildman–Crippen LogP) is 0.426. The van der Waals surface area contributed by atoms with Crippen molar-refractivity contribution in [2.24, 2.45) is 0 Å². The first-order chi connectivity index (χ1) is 4.16. The third kappa shape index (κ3) is 5.30. The van der Waals surface area contributed by atoms with Gasteiger partial charge in [-0.05, 0) is 13.3 Å². The van der Waals surface area contributed by atoms with Crippen molar-refractivity contribution in [1.29, 1.82) is 0 Å². The number of hydrogen-bond donors (Lipinski definition) is 2. The first-order valence-corrected chi connectivity index (χ1v) is 3.19. The van der Waals surface area contributed by atoms with E-state index in [1.165, 1.54) is 6.92 Å². The molecule has 0 saturated carbocycles. The smallest absolute Gasteiger partial charge is 0.230 e. The zero-order valence-corrected chi connectivity index (χ0v) is 6.19. The van der Waals surface area contributed by atoms with E-state index >= 15 is 0 Å². The van der Waals surface area contributed by atoms with Crippen LogP contribution in [-0.4, -0.2) is 11.9 Å². The number of hydrogen-bond acceptors (Lipinski definition) is 2. The van der Waals surface area contributed by atoms with Crippen molar-refractivity contribution in [1.82, 2.24) is 10.9 Å². The molecule has 1 unspecified atom stereocenters. The van der Waals surface area contributed by atoms with Crippen molar-refractivity contribution in [3.63, 3.8) is 0 Å². The second-order valence-corrected chi connectivity index (χ2v) is 2.13. The highest BCUT2D eigenvalue weighted by molar-refractivity contribution is 5.72. The second kappa shape index (κ2) is 4.32. The van der Waals surface area contributed by atoms with Gasteiger partial charge in [0.25, 0.3) is 0 Å². The van der Waals surface area contributed by atoms with Crippen LogP contribution in [0.3, 0.4) is 0 Å². The van der Waals surface area contributed by atoms with Gasteiger partial charge in [0, 0.05) is 13.0 Å².